The molecule has 2 aromatic rings. The molecule has 0 aliphatic carbocycles. The van der Waals surface area contributed by atoms with Crippen LogP contribution in [0.1, 0.15) is 40.3 Å². The fourth-order valence-corrected chi connectivity index (χ4v) is 2.67. The molecular weight excluding hydrogens is 400 g/mol. The number of halogens is 2. The van der Waals surface area contributed by atoms with Gasteiger partial charge in [0.05, 0.1) is 19.8 Å². The summed E-state index contributed by atoms with van der Waals surface area (Å²) >= 11 is 0. The maximum absolute atomic E-state index is 13.8. The lowest BCUT2D eigenvalue weighted by Gasteiger charge is -2.17. The van der Waals surface area contributed by atoms with Crippen LogP contribution in [-0.4, -0.2) is 35.9 Å². The van der Waals surface area contributed by atoms with E-state index in [1.54, 1.807) is 13.8 Å². The van der Waals surface area contributed by atoms with Crippen LogP contribution in [0.25, 0.3) is 0 Å². The topological polar surface area (TPSA) is 110 Å². The van der Waals surface area contributed by atoms with Crippen LogP contribution in [0, 0.1) is 17.0 Å². The van der Waals surface area contributed by atoms with Gasteiger partial charge in [0.2, 0.25) is 5.43 Å². The molecule has 2 rings (SSSR count). The Labute approximate surface area is 170 Å². The normalized spacial score (nSPS) is 10.4. The number of nitrogens with one attached hydrogen (secondary N) is 2. The summed E-state index contributed by atoms with van der Waals surface area (Å²) in [5.74, 6) is -3.66. The third-order valence-corrected chi connectivity index (χ3v) is 3.98. The van der Waals surface area contributed by atoms with E-state index in [2.05, 4.69) is 5.32 Å². The van der Waals surface area contributed by atoms with Crippen LogP contribution < -0.4 is 15.5 Å². The summed E-state index contributed by atoms with van der Waals surface area (Å²) < 4.78 is 38.3. The first-order valence-corrected chi connectivity index (χ1v) is 9.12. The minimum atomic E-state index is -0.849. The molecule has 0 atom stereocenters. The van der Waals surface area contributed by atoms with E-state index in [1.165, 1.54) is 10.6 Å². The van der Waals surface area contributed by atoms with Crippen molar-refractivity contribution in [2.24, 2.45) is 0 Å². The zero-order chi connectivity index (χ0) is 22.3. The zero-order valence-corrected chi connectivity index (χ0v) is 16.5. The van der Waals surface area contributed by atoms with Crippen LogP contribution in [0.4, 0.5) is 8.78 Å². The Morgan fingerprint density at radius 2 is 1.97 bits per heavy atom. The second kappa shape index (κ2) is 10.3. The molecule has 0 aliphatic heterocycles. The van der Waals surface area contributed by atoms with E-state index >= 15 is 0 Å². The molecule has 8 nitrogen and oxygen atoms in total. The first-order chi connectivity index (χ1) is 14.3. The standard InChI is InChI=1S/C20H21F2N3O5/c1-3-29-18-16(20(28)30-4-2)25(8-7-23)11-14(17(18)26)19(27)24-10-12-5-6-13(21)9-15(12)22/h5-7,9,11,23H,3-4,8,10H2,1-2H3,(H,24,27). The molecule has 0 radical (unpaired) electrons. The van der Waals surface area contributed by atoms with E-state index in [9.17, 15) is 23.2 Å². The first-order valence-electron chi connectivity index (χ1n) is 9.12. The molecule has 1 heterocycles. The SMILES string of the molecule is CCOC(=O)c1c(OCC)c(=O)c(C(=O)NCc2ccc(F)cc2F)cn1CC=N. The number of aromatic nitrogens is 1. The van der Waals surface area contributed by atoms with Crippen molar-refractivity contribution < 1.29 is 27.8 Å². The summed E-state index contributed by atoms with van der Waals surface area (Å²) in [6.45, 7) is 2.86. The lowest BCUT2D eigenvalue weighted by atomic mass is 10.1. The number of nitrogens with zero attached hydrogens (tertiary/aromatic N) is 1. The fraction of sp³-hybridized carbons (Fsp3) is 0.300. The van der Waals surface area contributed by atoms with E-state index in [-0.39, 0.29) is 48.9 Å². The largest absolute Gasteiger partial charge is 0.488 e. The Morgan fingerprint density at radius 3 is 2.57 bits per heavy atom. The first kappa shape index (κ1) is 22.7. The summed E-state index contributed by atoms with van der Waals surface area (Å²) in [7, 11) is 0. The van der Waals surface area contributed by atoms with Crippen molar-refractivity contribution in [1.82, 2.24) is 9.88 Å². The summed E-state index contributed by atoms with van der Waals surface area (Å²) in [5.41, 5.74) is -1.40. The van der Waals surface area contributed by atoms with Gasteiger partial charge in [-0.3, -0.25) is 9.59 Å². The van der Waals surface area contributed by atoms with Crippen LogP contribution >= 0.6 is 0 Å². The molecule has 0 saturated heterocycles. The van der Waals surface area contributed by atoms with Crippen molar-refractivity contribution in [2.75, 3.05) is 13.2 Å². The van der Waals surface area contributed by atoms with Crippen LogP contribution in [-0.2, 0) is 17.8 Å². The third-order valence-electron chi connectivity index (χ3n) is 3.98. The van der Waals surface area contributed by atoms with Crippen molar-refractivity contribution in [3.63, 3.8) is 0 Å². The third kappa shape index (κ3) is 5.07. The number of rotatable bonds is 9. The van der Waals surface area contributed by atoms with Gasteiger partial charge in [-0.05, 0) is 19.9 Å². The van der Waals surface area contributed by atoms with Gasteiger partial charge in [-0.1, -0.05) is 6.07 Å². The van der Waals surface area contributed by atoms with E-state index in [1.807, 2.05) is 0 Å². The smallest absolute Gasteiger partial charge is 0.359 e. The Morgan fingerprint density at radius 1 is 1.23 bits per heavy atom. The summed E-state index contributed by atoms with van der Waals surface area (Å²) in [4.78, 5) is 37.7. The van der Waals surface area contributed by atoms with Crippen LogP contribution in [0.2, 0.25) is 0 Å². The maximum atomic E-state index is 13.8. The lowest BCUT2D eigenvalue weighted by Crippen LogP contribution is -2.32. The van der Waals surface area contributed by atoms with Gasteiger partial charge in [0.25, 0.3) is 5.91 Å². The number of carbonyl (C=O) groups excluding carboxylic acids is 2. The van der Waals surface area contributed by atoms with Gasteiger partial charge in [-0.25, -0.2) is 13.6 Å². The fourth-order valence-electron chi connectivity index (χ4n) is 2.67. The van der Waals surface area contributed by atoms with Crippen molar-refractivity contribution in [2.45, 2.75) is 26.9 Å². The molecule has 0 unspecified atom stereocenters. The van der Waals surface area contributed by atoms with Crippen LogP contribution in [0.3, 0.4) is 0 Å². The molecule has 30 heavy (non-hydrogen) atoms. The van der Waals surface area contributed by atoms with Gasteiger partial charge in [0.15, 0.2) is 11.4 Å². The number of esters is 1. The number of ether oxygens (including phenoxy) is 2. The number of carbonyl (C=O) groups is 2. The van der Waals surface area contributed by atoms with Gasteiger partial charge < -0.3 is 24.8 Å². The van der Waals surface area contributed by atoms with E-state index in [0.29, 0.717) is 6.07 Å². The highest BCUT2D eigenvalue weighted by atomic mass is 19.1. The molecule has 0 fully saturated rings. The zero-order valence-electron chi connectivity index (χ0n) is 16.5. The van der Waals surface area contributed by atoms with E-state index in [4.69, 9.17) is 14.9 Å². The van der Waals surface area contributed by atoms with Gasteiger partial charge in [-0.2, -0.15) is 0 Å². The highest BCUT2D eigenvalue weighted by molar-refractivity contribution is 5.97. The Bertz CT molecular complexity index is 1020. The average Bonchev–Trinajstić information content (AvgIpc) is 2.69. The number of hydrogen-bond acceptors (Lipinski definition) is 6. The van der Waals surface area contributed by atoms with Gasteiger partial charge in [-0.15, -0.1) is 0 Å². The summed E-state index contributed by atoms with van der Waals surface area (Å²) in [6, 6.07) is 2.90. The van der Waals surface area contributed by atoms with Crippen molar-refractivity contribution >= 4 is 18.1 Å². The highest BCUT2D eigenvalue weighted by Crippen LogP contribution is 2.17. The second-order valence-corrected chi connectivity index (χ2v) is 5.98. The monoisotopic (exact) mass is 421 g/mol. The minimum Gasteiger partial charge on any atom is -0.488 e. The predicted octanol–water partition coefficient (Wildman–Crippen LogP) is 2.28. The van der Waals surface area contributed by atoms with E-state index < -0.39 is 28.9 Å². The molecule has 0 bridgehead atoms. The molecule has 0 saturated carbocycles. The van der Waals surface area contributed by atoms with Crippen LogP contribution in [0.15, 0.2) is 29.2 Å². The second-order valence-electron chi connectivity index (χ2n) is 5.98. The number of amides is 1. The summed E-state index contributed by atoms with van der Waals surface area (Å²) in [5, 5.41) is 9.71. The molecule has 1 aromatic heterocycles. The minimum absolute atomic E-state index is 0.0257. The highest BCUT2D eigenvalue weighted by Gasteiger charge is 2.26. The molecule has 2 N–H and O–H groups in total. The molecule has 1 aromatic carbocycles. The van der Waals surface area contributed by atoms with Gasteiger partial charge in [0.1, 0.15) is 17.2 Å². The lowest BCUT2D eigenvalue weighted by molar-refractivity contribution is 0.0507. The van der Waals surface area contributed by atoms with Crippen molar-refractivity contribution in [3.05, 3.63) is 63.1 Å². The molecule has 160 valence electrons. The quantitative estimate of drug-likeness (QED) is 0.477. The molecule has 0 aliphatic rings. The predicted molar refractivity (Wildman–Crippen MR) is 104 cm³/mol. The Hall–Kier alpha value is -3.56. The van der Waals surface area contributed by atoms with Gasteiger partial charge >= 0.3 is 5.97 Å². The maximum Gasteiger partial charge on any atom is 0.359 e. The number of benzene rings is 1. The number of hydrogen-bond donors (Lipinski definition) is 2. The van der Waals surface area contributed by atoms with Crippen molar-refractivity contribution in [3.8, 4) is 5.75 Å². The average molecular weight is 421 g/mol. The molecular formula is C20H21F2N3O5. The number of pyridine rings is 1. The van der Waals surface area contributed by atoms with Gasteiger partial charge in [0, 0.05) is 30.6 Å². The Balaban J connectivity index is 2.45. The molecule has 10 heteroatoms. The van der Waals surface area contributed by atoms with Crippen LogP contribution in [0.5, 0.6) is 5.75 Å². The molecule has 1 amide bonds. The molecule has 0 spiro atoms. The Kier molecular flexibility index (Phi) is 7.79. The van der Waals surface area contributed by atoms with Crippen molar-refractivity contribution in [1.29, 1.82) is 5.41 Å². The van der Waals surface area contributed by atoms with E-state index in [0.717, 1.165) is 18.5 Å². The summed E-state index contributed by atoms with van der Waals surface area (Å²) in [6.07, 6.45) is 2.08.